The number of nitrogens with one attached hydrogen (secondary N) is 1. The van der Waals surface area contributed by atoms with Gasteiger partial charge in [-0.2, -0.15) is 0 Å². The van der Waals surface area contributed by atoms with E-state index >= 15 is 0 Å². The number of rotatable bonds is 6. The van der Waals surface area contributed by atoms with E-state index in [9.17, 15) is 14.9 Å². The van der Waals surface area contributed by atoms with Crippen molar-refractivity contribution in [1.82, 2.24) is 0 Å². The maximum atomic E-state index is 12.0. The van der Waals surface area contributed by atoms with Gasteiger partial charge < -0.3 is 10.1 Å². The number of nitro benzene ring substituents is 1. The third-order valence-corrected chi connectivity index (χ3v) is 5.08. The van der Waals surface area contributed by atoms with E-state index in [4.69, 9.17) is 16.3 Å². The maximum Gasteiger partial charge on any atom is 0.271 e. The molecular formula is C20H21ClN2O4. The average Bonchev–Trinajstić information content (AvgIpc) is 2.69. The zero-order chi connectivity index (χ0) is 19.2. The number of hydrogen-bond donors (Lipinski definition) is 1. The van der Waals surface area contributed by atoms with Crippen LogP contribution >= 0.6 is 11.6 Å². The van der Waals surface area contributed by atoms with E-state index in [1.54, 1.807) is 0 Å². The van der Waals surface area contributed by atoms with Crippen molar-refractivity contribution >= 4 is 28.9 Å². The van der Waals surface area contributed by atoms with E-state index in [-0.39, 0.29) is 23.2 Å². The van der Waals surface area contributed by atoms with E-state index < -0.39 is 4.92 Å². The largest absolute Gasteiger partial charge is 0.484 e. The minimum atomic E-state index is -0.544. The summed E-state index contributed by atoms with van der Waals surface area (Å²) in [5.74, 6) is 0.863. The molecule has 1 N–H and O–H groups in total. The van der Waals surface area contributed by atoms with Crippen LogP contribution in [0.4, 0.5) is 11.4 Å². The van der Waals surface area contributed by atoms with E-state index in [1.807, 2.05) is 12.1 Å². The summed E-state index contributed by atoms with van der Waals surface area (Å²) in [7, 11) is 0. The summed E-state index contributed by atoms with van der Waals surface area (Å²) in [4.78, 5) is 22.2. The Morgan fingerprint density at radius 1 is 1.15 bits per heavy atom. The molecular weight excluding hydrogens is 368 g/mol. The average molecular weight is 389 g/mol. The highest BCUT2D eigenvalue weighted by atomic mass is 35.5. The summed E-state index contributed by atoms with van der Waals surface area (Å²) in [5, 5.41) is 13.4. The predicted molar refractivity (Wildman–Crippen MR) is 104 cm³/mol. The lowest BCUT2D eigenvalue weighted by Gasteiger charge is -2.22. The number of nitrogens with zero attached hydrogens (tertiary/aromatic N) is 1. The number of nitro groups is 1. The van der Waals surface area contributed by atoms with Gasteiger partial charge in [0, 0.05) is 12.1 Å². The zero-order valence-electron chi connectivity index (χ0n) is 14.8. The van der Waals surface area contributed by atoms with E-state index in [1.165, 1.54) is 55.9 Å². The lowest BCUT2D eigenvalue weighted by atomic mass is 9.84. The summed E-state index contributed by atoms with van der Waals surface area (Å²) in [6.07, 6.45) is 6.37. The molecule has 1 saturated carbocycles. The molecule has 1 aliphatic carbocycles. The quantitative estimate of drug-likeness (QED) is 0.536. The van der Waals surface area contributed by atoms with Gasteiger partial charge in [-0.3, -0.25) is 14.9 Å². The molecule has 2 aromatic rings. The smallest absolute Gasteiger partial charge is 0.271 e. The molecule has 0 radical (unpaired) electrons. The van der Waals surface area contributed by atoms with Crippen LogP contribution in [0.1, 0.15) is 43.6 Å². The monoisotopic (exact) mass is 388 g/mol. The van der Waals surface area contributed by atoms with Crippen molar-refractivity contribution in [2.75, 3.05) is 11.9 Å². The first-order valence-corrected chi connectivity index (χ1v) is 9.37. The second-order valence-corrected chi connectivity index (χ2v) is 7.07. The molecule has 0 spiro atoms. The van der Waals surface area contributed by atoms with Crippen LogP contribution in [0.25, 0.3) is 0 Å². The molecule has 0 atom stereocenters. The molecule has 0 bridgehead atoms. The fourth-order valence-electron chi connectivity index (χ4n) is 3.33. The number of hydrogen-bond acceptors (Lipinski definition) is 4. The topological polar surface area (TPSA) is 81.5 Å². The second-order valence-electron chi connectivity index (χ2n) is 6.66. The molecule has 7 heteroatoms. The minimum Gasteiger partial charge on any atom is -0.484 e. The van der Waals surface area contributed by atoms with Gasteiger partial charge in [0.2, 0.25) is 0 Å². The number of amides is 1. The van der Waals surface area contributed by atoms with Crippen LogP contribution in [-0.2, 0) is 4.79 Å². The highest BCUT2D eigenvalue weighted by molar-refractivity contribution is 6.34. The van der Waals surface area contributed by atoms with Crippen molar-refractivity contribution in [3.05, 3.63) is 63.2 Å². The fourth-order valence-corrected chi connectivity index (χ4v) is 3.55. The molecule has 1 aliphatic rings. The molecule has 142 valence electrons. The Morgan fingerprint density at radius 2 is 1.85 bits per heavy atom. The molecule has 0 aliphatic heterocycles. The van der Waals surface area contributed by atoms with Crippen molar-refractivity contribution in [3.63, 3.8) is 0 Å². The number of halogens is 1. The normalized spacial score (nSPS) is 14.6. The van der Waals surface area contributed by atoms with Crippen molar-refractivity contribution in [1.29, 1.82) is 0 Å². The summed E-state index contributed by atoms with van der Waals surface area (Å²) < 4.78 is 5.52. The van der Waals surface area contributed by atoms with Crippen molar-refractivity contribution < 1.29 is 14.5 Å². The third kappa shape index (κ3) is 5.20. The van der Waals surface area contributed by atoms with Crippen LogP contribution in [0.3, 0.4) is 0 Å². The van der Waals surface area contributed by atoms with Gasteiger partial charge in [0.15, 0.2) is 6.61 Å². The molecule has 0 saturated heterocycles. The van der Waals surface area contributed by atoms with Gasteiger partial charge in [0.05, 0.1) is 15.6 Å². The number of carbonyl (C=O) groups is 1. The number of anilines is 1. The standard InChI is InChI=1S/C20H21ClN2O4/c21-18-12-16(23(25)26)8-11-19(18)22-20(24)13-27-17-9-6-15(7-10-17)14-4-2-1-3-5-14/h6-12,14H,1-5,13H2,(H,22,24). The first-order chi connectivity index (χ1) is 13.0. The van der Waals surface area contributed by atoms with Gasteiger partial charge in [0.1, 0.15) is 5.75 Å². The Balaban J connectivity index is 1.52. The highest BCUT2D eigenvalue weighted by Gasteiger charge is 2.15. The Labute approximate surface area is 162 Å². The maximum absolute atomic E-state index is 12.0. The van der Waals surface area contributed by atoms with E-state index in [0.717, 1.165) is 0 Å². The van der Waals surface area contributed by atoms with Crippen molar-refractivity contribution in [3.8, 4) is 5.75 Å². The van der Waals surface area contributed by atoms with Gasteiger partial charge in [-0.25, -0.2) is 0 Å². The molecule has 0 heterocycles. The molecule has 27 heavy (non-hydrogen) atoms. The Morgan fingerprint density at radius 3 is 2.48 bits per heavy atom. The van der Waals surface area contributed by atoms with Crippen LogP contribution in [-0.4, -0.2) is 17.4 Å². The highest BCUT2D eigenvalue weighted by Crippen LogP contribution is 2.33. The lowest BCUT2D eigenvalue weighted by Crippen LogP contribution is -2.20. The number of non-ortho nitro benzene ring substituents is 1. The molecule has 1 amide bonds. The molecule has 1 fully saturated rings. The van der Waals surface area contributed by atoms with Crippen LogP contribution in [0.5, 0.6) is 5.75 Å². The Kier molecular flexibility index (Phi) is 6.29. The molecule has 6 nitrogen and oxygen atoms in total. The van der Waals surface area contributed by atoms with Crippen LogP contribution in [0, 0.1) is 10.1 Å². The number of benzene rings is 2. The van der Waals surface area contributed by atoms with Gasteiger partial charge in [-0.05, 0) is 42.5 Å². The van der Waals surface area contributed by atoms with Crippen LogP contribution in [0.2, 0.25) is 5.02 Å². The van der Waals surface area contributed by atoms with Crippen LogP contribution < -0.4 is 10.1 Å². The molecule has 0 aromatic heterocycles. The van der Waals surface area contributed by atoms with E-state index in [2.05, 4.69) is 17.4 Å². The summed E-state index contributed by atoms with van der Waals surface area (Å²) in [5.41, 5.74) is 1.50. The molecule has 2 aromatic carbocycles. The Hall–Kier alpha value is -2.60. The summed E-state index contributed by atoms with van der Waals surface area (Å²) >= 11 is 5.97. The molecule has 3 rings (SSSR count). The van der Waals surface area contributed by atoms with Crippen molar-refractivity contribution in [2.45, 2.75) is 38.0 Å². The van der Waals surface area contributed by atoms with Gasteiger partial charge in [0.25, 0.3) is 11.6 Å². The third-order valence-electron chi connectivity index (χ3n) is 4.76. The van der Waals surface area contributed by atoms with Crippen LogP contribution in [0.15, 0.2) is 42.5 Å². The first-order valence-electron chi connectivity index (χ1n) is 8.99. The molecule has 0 unspecified atom stereocenters. The minimum absolute atomic E-state index is 0.106. The first kappa shape index (κ1) is 19.2. The van der Waals surface area contributed by atoms with Crippen molar-refractivity contribution in [2.24, 2.45) is 0 Å². The predicted octanol–water partition coefficient (Wildman–Crippen LogP) is 5.31. The van der Waals surface area contributed by atoms with Gasteiger partial charge >= 0.3 is 0 Å². The number of ether oxygens (including phenoxy) is 1. The second kappa shape index (κ2) is 8.86. The Bertz CT molecular complexity index is 817. The fraction of sp³-hybridized carbons (Fsp3) is 0.350. The number of carbonyl (C=O) groups excluding carboxylic acids is 1. The van der Waals surface area contributed by atoms with Gasteiger partial charge in [-0.15, -0.1) is 0 Å². The zero-order valence-corrected chi connectivity index (χ0v) is 15.6. The SMILES string of the molecule is O=C(COc1ccc(C2CCCCC2)cc1)Nc1ccc([N+](=O)[O-])cc1Cl. The lowest BCUT2D eigenvalue weighted by molar-refractivity contribution is -0.384. The summed E-state index contributed by atoms with van der Waals surface area (Å²) in [6.45, 7) is -0.171. The van der Waals surface area contributed by atoms with E-state index in [0.29, 0.717) is 17.4 Å². The summed E-state index contributed by atoms with van der Waals surface area (Å²) in [6, 6.07) is 11.8. The van der Waals surface area contributed by atoms with Gasteiger partial charge in [-0.1, -0.05) is 43.0 Å².